The van der Waals surface area contributed by atoms with Gasteiger partial charge in [0.25, 0.3) is 0 Å². The molecule has 0 radical (unpaired) electrons. The molecule has 0 amide bonds. The molecule has 0 spiro atoms. The van der Waals surface area contributed by atoms with E-state index >= 15 is 0 Å². The lowest BCUT2D eigenvalue weighted by atomic mass is 10.1. The van der Waals surface area contributed by atoms with Crippen LogP contribution in [0, 0.1) is 11.8 Å². The molecular formula is C16H26. The van der Waals surface area contributed by atoms with Crippen LogP contribution in [0.2, 0.25) is 0 Å². The van der Waals surface area contributed by atoms with Crippen LogP contribution in [-0.2, 0) is 0 Å². The third kappa shape index (κ3) is 9.63. The molecule has 0 saturated heterocycles. The van der Waals surface area contributed by atoms with E-state index in [1.807, 2.05) is 0 Å². The van der Waals surface area contributed by atoms with Gasteiger partial charge in [0.15, 0.2) is 0 Å². The first-order chi connectivity index (χ1) is 7.70. The second kappa shape index (κ2) is 10.6. The minimum atomic E-state index is 1.04. The summed E-state index contributed by atoms with van der Waals surface area (Å²) in [5.74, 6) is 6.55. The van der Waals surface area contributed by atoms with Crippen molar-refractivity contribution in [3.63, 3.8) is 0 Å². The van der Waals surface area contributed by atoms with Crippen molar-refractivity contribution < 1.29 is 0 Å². The Kier molecular flexibility index (Phi) is 9.98. The predicted octanol–water partition coefficient (Wildman–Crippen LogP) is 5.25. The molecule has 0 rings (SSSR count). The van der Waals surface area contributed by atoms with E-state index in [4.69, 9.17) is 0 Å². The van der Waals surface area contributed by atoms with Gasteiger partial charge in [0.1, 0.15) is 0 Å². The van der Waals surface area contributed by atoms with E-state index in [1.54, 1.807) is 0 Å². The first-order valence-electron chi connectivity index (χ1n) is 6.62. The fraction of sp³-hybridized carbons (Fsp3) is 0.688. The monoisotopic (exact) mass is 218 g/mol. The molecule has 0 aromatic heterocycles. The number of unbranched alkanes of at least 4 members (excludes halogenated alkanes) is 4. The minimum Gasteiger partial charge on any atom is -0.110 e. The Morgan fingerprint density at radius 1 is 0.938 bits per heavy atom. The fourth-order valence-electron chi connectivity index (χ4n) is 1.44. The highest BCUT2D eigenvalue weighted by atomic mass is 13.9. The van der Waals surface area contributed by atoms with Crippen LogP contribution in [0.3, 0.4) is 0 Å². The maximum absolute atomic E-state index is 3.37. The maximum atomic E-state index is 3.37. The molecule has 16 heavy (non-hydrogen) atoms. The summed E-state index contributed by atoms with van der Waals surface area (Å²) in [4.78, 5) is 0. The van der Waals surface area contributed by atoms with E-state index in [0.717, 1.165) is 12.8 Å². The lowest BCUT2D eigenvalue weighted by Crippen LogP contribution is -1.79. The van der Waals surface area contributed by atoms with Crippen molar-refractivity contribution >= 4 is 0 Å². The molecule has 0 atom stereocenters. The van der Waals surface area contributed by atoms with Crippen molar-refractivity contribution in [2.75, 3.05) is 0 Å². The highest BCUT2D eigenvalue weighted by Crippen LogP contribution is 2.06. The lowest BCUT2D eigenvalue weighted by Gasteiger charge is -1.95. The van der Waals surface area contributed by atoms with Crippen LogP contribution in [-0.4, -0.2) is 0 Å². The van der Waals surface area contributed by atoms with Gasteiger partial charge in [-0.3, -0.25) is 0 Å². The van der Waals surface area contributed by atoms with Crippen molar-refractivity contribution in [2.45, 2.75) is 72.6 Å². The molecule has 0 bridgehead atoms. The van der Waals surface area contributed by atoms with E-state index < -0.39 is 0 Å². The third-order valence-electron chi connectivity index (χ3n) is 2.33. The lowest BCUT2D eigenvalue weighted by molar-refractivity contribution is 0.737. The SMILES string of the molecule is CCCCCC#CC(=C=C(C)C)CCCC. The van der Waals surface area contributed by atoms with Gasteiger partial charge in [0, 0.05) is 12.0 Å². The van der Waals surface area contributed by atoms with Crippen molar-refractivity contribution in [1.82, 2.24) is 0 Å². The van der Waals surface area contributed by atoms with Gasteiger partial charge in [-0.05, 0) is 38.7 Å². The summed E-state index contributed by atoms with van der Waals surface area (Å²) < 4.78 is 0. The highest BCUT2D eigenvalue weighted by Gasteiger charge is 1.91. The second-order valence-corrected chi connectivity index (χ2v) is 4.47. The highest BCUT2D eigenvalue weighted by molar-refractivity contribution is 5.28. The first-order valence-corrected chi connectivity index (χ1v) is 6.62. The predicted molar refractivity (Wildman–Crippen MR) is 73.3 cm³/mol. The zero-order chi connectivity index (χ0) is 12.2. The van der Waals surface area contributed by atoms with Crippen LogP contribution in [0.1, 0.15) is 72.6 Å². The van der Waals surface area contributed by atoms with E-state index in [-0.39, 0.29) is 0 Å². The summed E-state index contributed by atoms with van der Waals surface area (Å²) in [6.45, 7) is 8.62. The van der Waals surface area contributed by atoms with Crippen molar-refractivity contribution in [3.05, 3.63) is 16.9 Å². The van der Waals surface area contributed by atoms with Gasteiger partial charge in [-0.2, -0.15) is 0 Å². The number of allylic oxidation sites excluding steroid dienone is 1. The van der Waals surface area contributed by atoms with Gasteiger partial charge >= 0.3 is 0 Å². The zero-order valence-corrected chi connectivity index (χ0v) is 11.4. The molecule has 90 valence electrons. The summed E-state index contributed by atoms with van der Waals surface area (Å²) in [7, 11) is 0. The molecule has 0 heteroatoms. The Morgan fingerprint density at radius 2 is 1.62 bits per heavy atom. The van der Waals surface area contributed by atoms with E-state index in [9.17, 15) is 0 Å². The van der Waals surface area contributed by atoms with Crippen molar-refractivity contribution in [2.24, 2.45) is 0 Å². The van der Waals surface area contributed by atoms with Gasteiger partial charge in [-0.1, -0.05) is 45.0 Å². The Hall–Kier alpha value is -0.920. The van der Waals surface area contributed by atoms with Gasteiger partial charge in [0.2, 0.25) is 0 Å². The average Bonchev–Trinajstić information content (AvgIpc) is 2.24. The van der Waals surface area contributed by atoms with Gasteiger partial charge in [-0.15, -0.1) is 5.73 Å². The van der Waals surface area contributed by atoms with Gasteiger partial charge in [-0.25, -0.2) is 0 Å². The minimum absolute atomic E-state index is 1.04. The summed E-state index contributed by atoms with van der Waals surface area (Å²) in [6, 6.07) is 0. The first kappa shape index (κ1) is 15.1. The molecule has 0 aliphatic rings. The van der Waals surface area contributed by atoms with Crippen molar-refractivity contribution in [3.8, 4) is 11.8 Å². The van der Waals surface area contributed by atoms with E-state index in [0.29, 0.717) is 0 Å². The summed E-state index contributed by atoms with van der Waals surface area (Å²) in [5, 5.41) is 0. The number of hydrogen-bond donors (Lipinski definition) is 0. The van der Waals surface area contributed by atoms with Crippen LogP contribution in [0.4, 0.5) is 0 Å². The molecule has 0 heterocycles. The topological polar surface area (TPSA) is 0 Å². The molecule has 0 aromatic rings. The Balaban J connectivity index is 4.27. The molecule has 0 aliphatic heterocycles. The number of rotatable bonds is 6. The summed E-state index contributed by atoms with van der Waals surface area (Å²) >= 11 is 0. The molecule has 0 nitrogen and oxygen atoms in total. The Labute approximate surface area is 102 Å². The van der Waals surface area contributed by atoms with Crippen LogP contribution in [0.25, 0.3) is 0 Å². The molecule has 0 fully saturated rings. The van der Waals surface area contributed by atoms with Crippen LogP contribution >= 0.6 is 0 Å². The molecule has 0 unspecified atom stereocenters. The molecule has 0 aromatic carbocycles. The van der Waals surface area contributed by atoms with Gasteiger partial charge < -0.3 is 0 Å². The maximum Gasteiger partial charge on any atom is 0.0437 e. The van der Waals surface area contributed by atoms with Crippen molar-refractivity contribution in [1.29, 1.82) is 0 Å². The van der Waals surface area contributed by atoms with Crippen LogP contribution < -0.4 is 0 Å². The zero-order valence-electron chi connectivity index (χ0n) is 11.4. The standard InChI is InChI=1S/C16H26/c1-5-7-9-10-11-13-16(12-8-6-2)14-15(3)4/h5-10,12H2,1-4H3. The van der Waals surface area contributed by atoms with Crippen LogP contribution in [0.15, 0.2) is 16.9 Å². The molecule has 0 saturated carbocycles. The second-order valence-electron chi connectivity index (χ2n) is 4.47. The quantitative estimate of drug-likeness (QED) is 0.324. The summed E-state index contributed by atoms with van der Waals surface area (Å²) in [5.41, 5.74) is 5.79. The smallest absolute Gasteiger partial charge is 0.0437 e. The average molecular weight is 218 g/mol. The number of hydrogen-bond acceptors (Lipinski definition) is 0. The normalized spacial score (nSPS) is 9.00. The van der Waals surface area contributed by atoms with Crippen LogP contribution in [0.5, 0.6) is 0 Å². The van der Waals surface area contributed by atoms with E-state index in [1.165, 1.54) is 43.3 Å². The molecular weight excluding hydrogens is 192 g/mol. The largest absolute Gasteiger partial charge is 0.110 e. The molecule has 0 N–H and O–H groups in total. The van der Waals surface area contributed by atoms with Gasteiger partial charge in [0.05, 0.1) is 0 Å². The summed E-state index contributed by atoms with van der Waals surface area (Å²) in [6.07, 6.45) is 8.37. The Morgan fingerprint density at radius 3 is 2.19 bits per heavy atom. The Bertz CT molecular complexity index is 286. The van der Waals surface area contributed by atoms with E-state index in [2.05, 4.69) is 45.3 Å². The third-order valence-corrected chi connectivity index (χ3v) is 2.33. The fourth-order valence-corrected chi connectivity index (χ4v) is 1.44. The molecule has 0 aliphatic carbocycles.